The van der Waals surface area contributed by atoms with E-state index < -0.39 is 6.04 Å². The monoisotopic (exact) mass is 428 g/mol. The van der Waals surface area contributed by atoms with Crippen LogP contribution in [0.1, 0.15) is 38.3 Å². The number of benzene rings is 2. The molecule has 0 fully saturated rings. The van der Waals surface area contributed by atoms with Crippen molar-refractivity contribution < 1.29 is 23.5 Å². The van der Waals surface area contributed by atoms with E-state index in [0.29, 0.717) is 30.4 Å². The Morgan fingerprint density at radius 3 is 2.42 bits per heavy atom. The number of rotatable bonds is 9. The number of carbonyl (C=O) groups is 2. The molecular weight excluding hydrogens is 399 g/mol. The molecule has 6 nitrogen and oxygen atoms in total. The summed E-state index contributed by atoms with van der Waals surface area (Å²) < 4.78 is 24.0. The van der Waals surface area contributed by atoms with Crippen molar-refractivity contribution >= 4 is 11.8 Å². The number of aryl methyl sites for hydroxylation is 1. The van der Waals surface area contributed by atoms with Crippen molar-refractivity contribution in [1.29, 1.82) is 0 Å². The summed E-state index contributed by atoms with van der Waals surface area (Å²) >= 11 is 0. The van der Waals surface area contributed by atoms with E-state index in [1.807, 2.05) is 32.0 Å². The minimum absolute atomic E-state index is 0.144. The number of nitrogens with zero attached hydrogens (tertiary/aromatic N) is 1. The first-order valence-electron chi connectivity index (χ1n) is 10.5. The molecule has 2 aromatic carbocycles. The van der Waals surface area contributed by atoms with Crippen LogP contribution < -0.4 is 14.8 Å². The molecule has 7 heteroatoms. The summed E-state index contributed by atoms with van der Waals surface area (Å²) in [4.78, 5) is 27.3. The van der Waals surface area contributed by atoms with E-state index in [9.17, 15) is 14.0 Å². The molecule has 1 unspecified atom stereocenters. The Labute approximate surface area is 182 Å². The highest BCUT2D eigenvalue weighted by atomic mass is 19.1. The van der Waals surface area contributed by atoms with Crippen LogP contribution >= 0.6 is 0 Å². The van der Waals surface area contributed by atoms with Gasteiger partial charge in [0.05, 0.1) is 0 Å². The summed E-state index contributed by atoms with van der Waals surface area (Å²) in [5.74, 6) is 0.995. The van der Waals surface area contributed by atoms with E-state index in [2.05, 4.69) is 5.32 Å². The third-order valence-electron chi connectivity index (χ3n) is 5.18. The zero-order valence-corrected chi connectivity index (χ0v) is 18.2. The molecule has 0 radical (unpaired) electrons. The zero-order valence-electron chi connectivity index (χ0n) is 18.2. The standard InChI is InChI=1S/C24H29FN2O4/c1-16(2)13-26-24(29)17(3)27(14-19-4-8-20(25)9-5-19)23(28)11-7-18-6-10-21-22(12-18)31-15-30-21/h4-6,8-10,12,16-17H,7,11,13-15H2,1-3H3,(H,26,29). The van der Waals surface area contributed by atoms with Crippen LogP contribution in [0.25, 0.3) is 0 Å². The Kier molecular flexibility index (Phi) is 7.50. The molecule has 1 heterocycles. The third kappa shape index (κ3) is 6.20. The second kappa shape index (κ2) is 10.3. The SMILES string of the molecule is CC(C)CNC(=O)C(C)N(Cc1ccc(F)cc1)C(=O)CCc1ccc2c(c1)OCO2. The van der Waals surface area contributed by atoms with Crippen LogP contribution in [0.5, 0.6) is 11.5 Å². The molecule has 0 aromatic heterocycles. The normalized spacial score (nSPS) is 13.2. The summed E-state index contributed by atoms with van der Waals surface area (Å²) in [6.07, 6.45) is 0.748. The average Bonchev–Trinajstić information content (AvgIpc) is 3.22. The summed E-state index contributed by atoms with van der Waals surface area (Å²) in [6, 6.07) is 10.9. The number of ether oxygens (including phenoxy) is 2. The van der Waals surface area contributed by atoms with Gasteiger partial charge in [0.25, 0.3) is 0 Å². The van der Waals surface area contributed by atoms with Gasteiger partial charge in [-0.2, -0.15) is 0 Å². The topological polar surface area (TPSA) is 67.9 Å². The van der Waals surface area contributed by atoms with Crippen LogP contribution in [0.2, 0.25) is 0 Å². The first kappa shape index (κ1) is 22.6. The molecule has 1 aliphatic rings. The highest BCUT2D eigenvalue weighted by Gasteiger charge is 2.26. The number of carbonyl (C=O) groups excluding carboxylic acids is 2. The van der Waals surface area contributed by atoms with Gasteiger partial charge in [-0.3, -0.25) is 9.59 Å². The number of hydrogen-bond acceptors (Lipinski definition) is 4. The van der Waals surface area contributed by atoms with Crippen LogP contribution in [0.3, 0.4) is 0 Å². The Balaban J connectivity index is 1.69. The van der Waals surface area contributed by atoms with E-state index in [1.165, 1.54) is 12.1 Å². The summed E-state index contributed by atoms with van der Waals surface area (Å²) in [5, 5.41) is 2.89. The summed E-state index contributed by atoms with van der Waals surface area (Å²) in [6.45, 7) is 6.72. The Morgan fingerprint density at radius 1 is 1.03 bits per heavy atom. The minimum atomic E-state index is -0.645. The number of fused-ring (bicyclic) bond motifs is 1. The van der Waals surface area contributed by atoms with Crippen LogP contribution in [0.15, 0.2) is 42.5 Å². The van der Waals surface area contributed by atoms with Gasteiger partial charge in [-0.05, 0) is 54.7 Å². The third-order valence-corrected chi connectivity index (χ3v) is 5.18. The lowest BCUT2D eigenvalue weighted by Crippen LogP contribution is -2.48. The smallest absolute Gasteiger partial charge is 0.242 e. The van der Waals surface area contributed by atoms with Crippen molar-refractivity contribution in [2.75, 3.05) is 13.3 Å². The lowest BCUT2D eigenvalue weighted by Gasteiger charge is -2.29. The second-order valence-electron chi connectivity index (χ2n) is 8.15. The molecule has 0 bridgehead atoms. The molecule has 166 valence electrons. The van der Waals surface area contributed by atoms with Crippen LogP contribution in [-0.4, -0.2) is 36.1 Å². The Hall–Kier alpha value is -3.09. The average molecular weight is 429 g/mol. The molecule has 31 heavy (non-hydrogen) atoms. The first-order chi connectivity index (χ1) is 14.8. The predicted molar refractivity (Wildman–Crippen MR) is 115 cm³/mol. The summed E-state index contributed by atoms with van der Waals surface area (Å²) in [7, 11) is 0. The number of nitrogens with one attached hydrogen (secondary N) is 1. The van der Waals surface area contributed by atoms with E-state index in [-0.39, 0.29) is 37.4 Å². The zero-order chi connectivity index (χ0) is 22.4. The van der Waals surface area contributed by atoms with E-state index >= 15 is 0 Å². The number of halogens is 1. The maximum absolute atomic E-state index is 13.3. The summed E-state index contributed by atoms with van der Waals surface area (Å²) in [5.41, 5.74) is 1.72. The maximum atomic E-state index is 13.3. The van der Waals surface area contributed by atoms with Gasteiger partial charge in [-0.15, -0.1) is 0 Å². The minimum Gasteiger partial charge on any atom is -0.454 e. The van der Waals surface area contributed by atoms with E-state index in [1.54, 1.807) is 24.0 Å². The fourth-order valence-electron chi connectivity index (χ4n) is 3.31. The molecule has 2 aromatic rings. The first-order valence-corrected chi connectivity index (χ1v) is 10.5. The molecule has 0 spiro atoms. The van der Waals surface area contributed by atoms with E-state index in [4.69, 9.17) is 9.47 Å². The number of hydrogen-bond donors (Lipinski definition) is 1. The van der Waals surface area contributed by atoms with Crippen LogP contribution in [0, 0.1) is 11.7 Å². The quantitative estimate of drug-likeness (QED) is 0.662. The van der Waals surface area contributed by atoms with E-state index in [0.717, 1.165) is 11.1 Å². The second-order valence-corrected chi connectivity index (χ2v) is 8.15. The highest BCUT2D eigenvalue weighted by molar-refractivity contribution is 5.87. The molecule has 1 N–H and O–H groups in total. The fourth-order valence-corrected chi connectivity index (χ4v) is 3.31. The van der Waals surface area contributed by atoms with Gasteiger partial charge >= 0.3 is 0 Å². The fraction of sp³-hybridized carbons (Fsp3) is 0.417. The molecule has 0 saturated carbocycles. The van der Waals surface area contributed by atoms with Crippen molar-refractivity contribution in [2.45, 2.75) is 46.2 Å². The number of amides is 2. The van der Waals surface area contributed by atoms with Gasteiger partial charge in [-0.25, -0.2) is 4.39 Å². The predicted octanol–water partition coefficient (Wildman–Crippen LogP) is 3.68. The van der Waals surface area contributed by atoms with Crippen molar-refractivity contribution in [2.24, 2.45) is 5.92 Å². The molecular formula is C24H29FN2O4. The largest absolute Gasteiger partial charge is 0.454 e. The van der Waals surface area contributed by atoms with Crippen molar-refractivity contribution in [3.63, 3.8) is 0 Å². The van der Waals surface area contributed by atoms with Gasteiger partial charge in [0.2, 0.25) is 18.6 Å². The van der Waals surface area contributed by atoms with Gasteiger partial charge in [-0.1, -0.05) is 32.0 Å². The van der Waals surface area contributed by atoms with Gasteiger partial charge in [0.1, 0.15) is 11.9 Å². The molecule has 2 amide bonds. The molecule has 1 atom stereocenters. The van der Waals surface area contributed by atoms with Crippen LogP contribution in [0.4, 0.5) is 4.39 Å². The molecule has 0 saturated heterocycles. The maximum Gasteiger partial charge on any atom is 0.242 e. The Morgan fingerprint density at radius 2 is 1.71 bits per heavy atom. The lowest BCUT2D eigenvalue weighted by molar-refractivity contribution is -0.140. The molecule has 3 rings (SSSR count). The lowest BCUT2D eigenvalue weighted by atomic mass is 10.1. The van der Waals surface area contributed by atoms with Gasteiger partial charge in [0.15, 0.2) is 11.5 Å². The molecule has 1 aliphatic heterocycles. The van der Waals surface area contributed by atoms with Gasteiger partial charge < -0.3 is 19.7 Å². The van der Waals surface area contributed by atoms with Crippen LogP contribution in [-0.2, 0) is 22.6 Å². The van der Waals surface area contributed by atoms with Crippen molar-refractivity contribution in [3.05, 3.63) is 59.4 Å². The highest BCUT2D eigenvalue weighted by Crippen LogP contribution is 2.32. The molecule has 0 aliphatic carbocycles. The van der Waals surface area contributed by atoms with Crippen molar-refractivity contribution in [3.8, 4) is 11.5 Å². The van der Waals surface area contributed by atoms with Crippen molar-refractivity contribution in [1.82, 2.24) is 10.2 Å². The Bertz CT molecular complexity index is 914. The van der Waals surface area contributed by atoms with Gasteiger partial charge in [0, 0.05) is 19.5 Å².